The van der Waals surface area contributed by atoms with Crippen molar-refractivity contribution in [2.24, 2.45) is 0 Å². The molecule has 0 spiro atoms. The Kier molecular flexibility index (Phi) is 4.20. The molecule has 0 saturated heterocycles. The van der Waals surface area contributed by atoms with E-state index in [0.717, 1.165) is 0 Å². The fourth-order valence-corrected chi connectivity index (χ4v) is 1.76. The van der Waals surface area contributed by atoms with Crippen LogP contribution in [0, 0.1) is 5.82 Å². The highest BCUT2D eigenvalue weighted by Crippen LogP contribution is 2.29. The highest BCUT2D eigenvalue weighted by molar-refractivity contribution is 6.04. The lowest BCUT2D eigenvalue weighted by atomic mass is 10.2. The zero-order valence-electron chi connectivity index (χ0n) is 11.1. The number of halogens is 1. The number of nitrogens with one attached hydrogen (secondary N) is 1. The fourth-order valence-electron chi connectivity index (χ4n) is 1.76. The number of benzene rings is 2. The summed E-state index contributed by atoms with van der Waals surface area (Å²) in [5.74, 6) is -0.0454. The van der Waals surface area contributed by atoms with Gasteiger partial charge in [0.1, 0.15) is 5.82 Å². The minimum atomic E-state index is -0.564. The van der Waals surface area contributed by atoms with Crippen molar-refractivity contribution in [3.05, 3.63) is 53.8 Å². The SMILES string of the molecule is COc1ccc(NC(=O)c2ccccc2F)cc1OC. The van der Waals surface area contributed by atoms with Crippen LogP contribution in [0.1, 0.15) is 10.4 Å². The standard InChI is InChI=1S/C15H14FNO3/c1-19-13-8-7-10(9-14(13)20-2)17-15(18)11-5-3-4-6-12(11)16/h3-9H,1-2H3,(H,17,18). The molecule has 104 valence electrons. The number of hydrogen-bond acceptors (Lipinski definition) is 3. The zero-order valence-corrected chi connectivity index (χ0v) is 11.1. The van der Waals surface area contributed by atoms with Gasteiger partial charge >= 0.3 is 0 Å². The summed E-state index contributed by atoms with van der Waals surface area (Å²) < 4.78 is 23.7. The molecule has 0 aliphatic heterocycles. The lowest BCUT2D eigenvalue weighted by Gasteiger charge is -2.10. The van der Waals surface area contributed by atoms with Gasteiger partial charge in [0.15, 0.2) is 11.5 Å². The van der Waals surface area contributed by atoms with E-state index in [1.807, 2.05) is 0 Å². The molecule has 2 aromatic carbocycles. The Morgan fingerprint density at radius 2 is 1.75 bits per heavy atom. The average Bonchev–Trinajstić information content (AvgIpc) is 2.47. The first kappa shape index (κ1) is 13.9. The number of ether oxygens (including phenoxy) is 2. The lowest BCUT2D eigenvalue weighted by Crippen LogP contribution is -2.13. The Hall–Kier alpha value is -2.56. The zero-order chi connectivity index (χ0) is 14.5. The van der Waals surface area contributed by atoms with Gasteiger partial charge in [-0.3, -0.25) is 4.79 Å². The third-order valence-corrected chi connectivity index (χ3v) is 2.76. The Morgan fingerprint density at radius 3 is 2.40 bits per heavy atom. The van der Waals surface area contributed by atoms with Crippen molar-refractivity contribution in [3.63, 3.8) is 0 Å². The van der Waals surface area contributed by atoms with Gasteiger partial charge in [0.2, 0.25) is 0 Å². The van der Waals surface area contributed by atoms with Gasteiger partial charge in [0, 0.05) is 11.8 Å². The van der Waals surface area contributed by atoms with Crippen LogP contribution >= 0.6 is 0 Å². The Labute approximate surface area is 116 Å². The fraction of sp³-hybridized carbons (Fsp3) is 0.133. The molecular weight excluding hydrogens is 261 g/mol. The Balaban J connectivity index is 2.22. The first-order valence-electron chi connectivity index (χ1n) is 5.93. The summed E-state index contributed by atoms with van der Waals surface area (Å²) in [4.78, 5) is 12.0. The molecule has 2 aromatic rings. The molecule has 0 heterocycles. The molecule has 0 atom stereocenters. The Bertz CT molecular complexity index is 628. The molecule has 20 heavy (non-hydrogen) atoms. The smallest absolute Gasteiger partial charge is 0.258 e. The van der Waals surface area contributed by atoms with Crippen molar-refractivity contribution in [3.8, 4) is 11.5 Å². The monoisotopic (exact) mass is 275 g/mol. The van der Waals surface area contributed by atoms with Gasteiger partial charge in [0.25, 0.3) is 5.91 Å². The summed E-state index contributed by atoms with van der Waals surface area (Å²) in [5, 5.41) is 2.61. The maximum atomic E-state index is 13.5. The molecule has 0 aromatic heterocycles. The predicted molar refractivity (Wildman–Crippen MR) is 73.9 cm³/mol. The number of anilines is 1. The van der Waals surface area contributed by atoms with Crippen LogP contribution in [0.5, 0.6) is 11.5 Å². The summed E-state index contributed by atoms with van der Waals surface area (Å²) >= 11 is 0. The molecule has 4 nitrogen and oxygen atoms in total. The normalized spacial score (nSPS) is 9.95. The van der Waals surface area contributed by atoms with Gasteiger partial charge in [-0.05, 0) is 24.3 Å². The predicted octanol–water partition coefficient (Wildman–Crippen LogP) is 3.10. The number of hydrogen-bond donors (Lipinski definition) is 1. The molecule has 0 radical (unpaired) electrons. The Morgan fingerprint density at radius 1 is 1.05 bits per heavy atom. The van der Waals surface area contributed by atoms with Crippen molar-refractivity contribution < 1.29 is 18.7 Å². The van der Waals surface area contributed by atoms with E-state index in [-0.39, 0.29) is 5.56 Å². The van der Waals surface area contributed by atoms with E-state index in [1.165, 1.54) is 32.4 Å². The first-order chi connectivity index (χ1) is 9.65. The molecule has 0 aliphatic rings. The molecule has 0 aliphatic carbocycles. The van der Waals surface area contributed by atoms with Gasteiger partial charge < -0.3 is 14.8 Å². The second-order valence-corrected chi connectivity index (χ2v) is 4.00. The minimum absolute atomic E-state index is 0.0118. The average molecular weight is 275 g/mol. The number of carbonyl (C=O) groups excluding carboxylic acids is 1. The van der Waals surface area contributed by atoms with Crippen LogP contribution in [0.15, 0.2) is 42.5 Å². The molecule has 1 N–H and O–H groups in total. The molecule has 5 heteroatoms. The van der Waals surface area contributed by atoms with Crippen molar-refractivity contribution >= 4 is 11.6 Å². The second kappa shape index (κ2) is 6.06. The highest BCUT2D eigenvalue weighted by Gasteiger charge is 2.12. The molecule has 0 fully saturated rings. The number of methoxy groups -OCH3 is 2. The van der Waals surface area contributed by atoms with Crippen LogP contribution in [0.4, 0.5) is 10.1 Å². The molecule has 1 amide bonds. The first-order valence-corrected chi connectivity index (χ1v) is 5.93. The van der Waals surface area contributed by atoms with Gasteiger partial charge in [-0.25, -0.2) is 4.39 Å². The third kappa shape index (κ3) is 2.88. The van der Waals surface area contributed by atoms with E-state index >= 15 is 0 Å². The molecular formula is C15H14FNO3. The lowest BCUT2D eigenvalue weighted by molar-refractivity contribution is 0.102. The maximum absolute atomic E-state index is 13.5. The van der Waals surface area contributed by atoms with Crippen molar-refractivity contribution in [1.82, 2.24) is 0 Å². The largest absolute Gasteiger partial charge is 0.493 e. The molecule has 2 rings (SSSR count). The van der Waals surface area contributed by atoms with E-state index in [4.69, 9.17) is 9.47 Å². The summed E-state index contributed by atoms with van der Waals surface area (Å²) in [7, 11) is 3.02. The van der Waals surface area contributed by atoms with Crippen molar-refractivity contribution in [2.45, 2.75) is 0 Å². The van der Waals surface area contributed by atoms with Crippen LogP contribution in [-0.4, -0.2) is 20.1 Å². The summed E-state index contributed by atoms with van der Waals surface area (Å²) in [5.41, 5.74) is 0.484. The van der Waals surface area contributed by atoms with Crippen LogP contribution < -0.4 is 14.8 Å². The molecule has 0 bridgehead atoms. The van der Waals surface area contributed by atoms with Gasteiger partial charge in [-0.2, -0.15) is 0 Å². The minimum Gasteiger partial charge on any atom is -0.493 e. The topological polar surface area (TPSA) is 47.6 Å². The van der Waals surface area contributed by atoms with Gasteiger partial charge in [-0.15, -0.1) is 0 Å². The number of rotatable bonds is 4. The van der Waals surface area contributed by atoms with Crippen LogP contribution in [-0.2, 0) is 0 Å². The highest BCUT2D eigenvalue weighted by atomic mass is 19.1. The second-order valence-electron chi connectivity index (χ2n) is 4.00. The van der Waals surface area contributed by atoms with Crippen LogP contribution in [0.3, 0.4) is 0 Å². The number of carbonyl (C=O) groups is 1. The van der Waals surface area contributed by atoms with Gasteiger partial charge in [-0.1, -0.05) is 12.1 Å². The third-order valence-electron chi connectivity index (χ3n) is 2.76. The van der Waals surface area contributed by atoms with E-state index in [1.54, 1.807) is 24.3 Å². The number of amides is 1. The van der Waals surface area contributed by atoms with E-state index in [2.05, 4.69) is 5.32 Å². The van der Waals surface area contributed by atoms with Crippen LogP contribution in [0.25, 0.3) is 0 Å². The summed E-state index contributed by atoms with van der Waals surface area (Å²) in [6, 6.07) is 10.7. The van der Waals surface area contributed by atoms with Crippen molar-refractivity contribution in [1.29, 1.82) is 0 Å². The molecule has 0 saturated carbocycles. The van der Waals surface area contributed by atoms with Crippen LogP contribution in [0.2, 0.25) is 0 Å². The summed E-state index contributed by atoms with van der Waals surface area (Å²) in [6.45, 7) is 0. The summed E-state index contributed by atoms with van der Waals surface area (Å²) in [6.07, 6.45) is 0. The van der Waals surface area contributed by atoms with E-state index in [9.17, 15) is 9.18 Å². The quantitative estimate of drug-likeness (QED) is 0.932. The maximum Gasteiger partial charge on any atom is 0.258 e. The van der Waals surface area contributed by atoms with Crippen molar-refractivity contribution in [2.75, 3.05) is 19.5 Å². The van der Waals surface area contributed by atoms with E-state index < -0.39 is 11.7 Å². The van der Waals surface area contributed by atoms with Gasteiger partial charge in [0.05, 0.1) is 19.8 Å². The molecule has 0 unspecified atom stereocenters. The van der Waals surface area contributed by atoms with E-state index in [0.29, 0.717) is 17.2 Å².